The standard InChI is InChI=1S/C28H32F2N2O/c1-2-27-21-31(18-6-9-22-7-4-3-5-8-22)19-20-32(27)33-28(23-10-14-25(29)15-11-23)24-12-16-26(30)17-13-24/h3-5,7-8,10-17,27-28H,2,6,9,18-21H2,1H3. The smallest absolute Gasteiger partial charge is 0.129 e. The molecule has 0 radical (unpaired) electrons. The van der Waals surface area contributed by atoms with E-state index in [4.69, 9.17) is 4.84 Å². The van der Waals surface area contributed by atoms with Crippen LogP contribution in [-0.4, -0.2) is 42.2 Å². The fourth-order valence-electron chi connectivity index (χ4n) is 4.45. The second-order valence-electron chi connectivity index (χ2n) is 8.68. The van der Waals surface area contributed by atoms with Crippen molar-refractivity contribution in [1.82, 2.24) is 9.96 Å². The molecule has 3 aromatic carbocycles. The summed E-state index contributed by atoms with van der Waals surface area (Å²) in [7, 11) is 0. The highest BCUT2D eigenvalue weighted by atomic mass is 19.1. The van der Waals surface area contributed by atoms with Crippen LogP contribution in [0.15, 0.2) is 78.9 Å². The molecule has 1 saturated heterocycles. The number of aryl methyl sites for hydroxylation is 1. The van der Waals surface area contributed by atoms with Crippen molar-refractivity contribution in [3.63, 3.8) is 0 Å². The minimum Gasteiger partial charge on any atom is -0.300 e. The second kappa shape index (κ2) is 11.5. The van der Waals surface area contributed by atoms with Crippen molar-refractivity contribution in [3.8, 4) is 0 Å². The summed E-state index contributed by atoms with van der Waals surface area (Å²) < 4.78 is 27.1. The molecule has 0 aliphatic carbocycles. The molecule has 174 valence electrons. The van der Waals surface area contributed by atoms with Crippen molar-refractivity contribution in [1.29, 1.82) is 0 Å². The molecule has 4 rings (SSSR count). The van der Waals surface area contributed by atoms with Crippen molar-refractivity contribution < 1.29 is 13.6 Å². The normalized spacial score (nSPS) is 17.5. The van der Waals surface area contributed by atoms with Crippen LogP contribution >= 0.6 is 0 Å². The van der Waals surface area contributed by atoms with Gasteiger partial charge >= 0.3 is 0 Å². The number of hydroxylamine groups is 2. The number of piperazine rings is 1. The van der Waals surface area contributed by atoms with Gasteiger partial charge in [0.05, 0.1) is 0 Å². The summed E-state index contributed by atoms with van der Waals surface area (Å²) >= 11 is 0. The first-order valence-electron chi connectivity index (χ1n) is 11.8. The first kappa shape index (κ1) is 23.6. The van der Waals surface area contributed by atoms with E-state index in [1.807, 2.05) is 0 Å². The van der Waals surface area contributed by atoms with E-state index < -0.39 is 6.10 Å². The molecule has 1 aliphatic heterocycles. The Hall–Kier alpha value is -2.60. The Morgan fingerprint density at radius 3 is 2.03 bits per heavy atom. The van der Waals surface area contributed by atoms with Crippen LogP contribution < -0.4 is 0 Å². The van der Waals surface area contributed by atoms with Crippen LogP contribution in [0.2, 0.25) is 0 Å². The van der Waals surface area contributed by atoms with Crippen LogP contribution in [-0.2, 0) is 11.3 Å². The zero-order valence-corrected chi connectivity index (χ0v) is 19.2. The van der Waals surface area contributed by atoms with Gasteiger partial charge in [0.1, 0.15) is 17.7 Å². The monoisotopic (exact) mass is 450 g/mol. The van der Waals surface area contributed by atoms with Gasteiger partial charge < -0.3 is 4.90 Å². The van der Waals surface area contributed by atoms with Crippen LogP contribution in [0.4, 0.5) is 8.78 Å². The average molecular weight is 451 g/mol. The number of rotatable bonds is 9. The lowest BCUT2D eigenvalue weighted by Gasteiger charge is -2.42. The van der Waals surface area contributed by atoms with Gasteiger partial charge in [-0.25, -0.2) is 8.78 Å². The Morgan fingerprint density at radius 1 is 0.848 bits per heavy atom. The summed E-state index contributed by atoms with van der Waals surface area (Å²) in [4.78, 5) is 9.05. The fourth-order valence-corrected chi connectivity index (χ4v) is 4.45. The average Bonchev–Trinajstić information content (AvgIpc) is 2.85. The Kier molecular flexibility index (Phi) is 8.21. The fraction of sp³-hybridized carbons (Fsp3) is 0.357. The van der Waals surface area contributed by atoms with Gasteiger partial charge in [0.25, 0.3) is 0 Å². The van der Waals surface area contributed by atoms with Gasteiger partial charge in [-0.3, -0.25) is 4.84 Å². The molecule has 1 heterocycles. The number of hydrogen-bond donors (Lipinski definition) is 0. The maximum absolute atomic E-state index is 13.5. The van der Waals surface area contributed by atoms with E-state index in [1.165, 1.54) is 29.8 Å². The minimum absolute atomic E-state index is 0.263. The van der Waals surface area contributed by atoms with E-state index in [1.54, 1.807) is 24.3 Å². The topological polar surface area (TPSA) is 15.7 Å². The summed E-state index contributed by atoms with van der Waals surface area (Å²) in [5.74, 6) is -0.570. The third-order valence-corrected chi connectivity index (χ3v) is 6.35. The molecule has 0 spiro atoms. The molecule has 3 nitrogen and oxygen atoms in total. The Labute approximate surface area is 195 Å². The van der Waals surface area contributed by atoms with Gasteiger partial charge in [-0.2, -0.15) is 5.06 Å². The summed E-state index contributed by atoms with van der Waals surface area (Å²) in [6, 6.07) is 23.6. The van der Waals surface area contributed by atoms with Crippen LogP contribution in [0.5, 0.6) is 0 Å². The Balaban J connectivity index is 1.40. The lowest BCUT2D eigenvalue weighted by atomic mass is 10.0. The predicted molar refractivity (Wildman–Crippen MR) is 128 cm³/mol. The van der Waals surface area contributed by atoms with Gasteiger partial charge in [0.15, 0.2) is 0 Å². The molecule has 1 aliphatic rings. The molecular weight excluding hydrogens is 418 g/mol. The van der Waals surface area contributed by atoms with E-state index in [0.717, 1.165) is 56.6 Å². The van der Waals surface area contributed by atoms with Gasteiger partial charge in [0, 0.05) is 25.7 Å². The highest BCUT2D eigenvalue weighted by Gasteiger charge is 2.29. The predicted octanol–water partition coefficient (Wildman–Crippen LogP) is 6.01. The van der Waals surface area contributed by atoms with Crippen LogP contribution in [0, 0.1) is 11.6 Å². The summed E-state index contributed by atoms with van der Waals surface area (Å²) in [5, 5.41) is 2.07. The molecule has 0 N–H and O–H groups in total. The zero-order chi connectivity index (χ0) is 23.0. The molecular formula is C28H32F2N2O. The van der Waals surface area contributed by atoms with Crippen LogP contribution in [0.1, 0.15) is 42.6 Å². The SMILES string of the molecule is CCC1CN(CCCc2ccccc2)CCN1OC(c1ccc(F)cc1)c1ccc(F)cc1. The molecule has 33 heavy (non-hydrogen) atoms. The van der Waals surface area contributed by atoms with Gasteiger partial charge in [0.2, 0.25) is 0 Å². The zero-order valence-electron chi connectivity index (χ0n) is 19.2. The van der Waals surface area contributed by atoms with Gasteiger partial charge in [-0.1, -0.05) is 61.5 Å². The van der Waals surface area contributed by atoms with Crippen LogP contribution in [0.25, 0.3) is 0 Å². The quantitative estimate of drug-likeness (QED) is 0.397. The van der Waals surface area contributed by atoms with Crippen molar-refractivity contribution >= 4 is 0 Å². The lowest BCUT2D eigenvalue weighted by Crippen LogP contribution is -2.53. The highest BCUT2D eigenvalue weighted by Crippen LogP contribution is 2.30. The molecule has 0 bridgehead atoms. The number of benzene rings is 3. The third kappa shape index (κ3) is 6.47. The van der Waals surface area contributed by atoms with Gasteiger partial charge in [-0.15, -0.1) is 0 Å². The molecule has 1 unspecified atom stereocenters. The number of hydrogen-bond acceptors (Lipinski definition) is 3. The van der Waals surface area contributed by atoms with E-state index in [9.17, 15) is 8.78 Å². The Morgan fingerprint density at radius 2 is 1.45 bits per heavy atom. The number of halogens is 2. The van der Waals surface area contributed by atoms with E-state index in [0.29, 0.717) is 0 Å². The molecule has 1 atom stereocenters. The molecule has 3 aromatic rings. The molecule has 0 saturated carbocycles. The van der Waals surface area contributed by atoms with Crippen molar-refractivity contribution in [2.24, 2.45) is 0 Å². The maximum atomic E-state index is 13.5. The van der Waals surface area contributed by atoms with Crippen molar-refractivity contribution in [2.45, 2.75) is 38.3 Å². The largest absolute Gasteiger partial charge is 0.300 e. The Bertz CT molecular complexity index is 934. The second-order valence-corrected chi connectivity index (χ2v) is 8.68. The maximum Gasteiger partial charge on any atom is 0.129 e. The highest BCUT2D eigenvalue weighted by molar-refractivity contribution is 5.30. The van der Waals surface area contributed by atoms with Crippen LogP contribution in [0.3, 0.4) is 0 Å². The lowest BCUT2D eigenvalue weighted by molar-refractivity contribution is -0.231. The van der Waals surface area contributed by atoms with Gasteiger partial charge in [-0.05, 0) is 66.8 Å². The first-order valence-corrected chi connectivity index (χ1v) is 11.8. The summed E-state index contributed by atoms with van der Waals surface area (Å²) in [6.07, 6.45) is 2.78. The molecule has 1 fully saturated rings. The van der Waals surface area contributed by atoms with Crippen molar-refractivity contribution in [2.75, 3.05) is 26.2 Å². The number of nitrogens with zero attached hydrogens (tertiary/aromatic N) is 2. The van der Waals surface area contributed by atoms with Crippen molar-refractivity contribution in [3.05, 3.63) is 107 Å². The molecule has 0 amide bonds. The summed E-state index contributed by atoms with van der Waals surface area (Å²) in [5.41, 5.74) is 3.08. The molecule has 0 aromatic heterocycles. The minimum atomic E-state index is -0.412. The first-order chi connectivity index (χ1) is 16.1. The summed E-state index contributed by atoms with van der Waals surface area (Å²) in [6.45, 7) is 5.93. The molecule has 5 heteroatoms. The van der Waals surface area contributed by atoms with E-state index >= 15 is 0 Å². The third-order valence-electron chi connectivity index (χ3n) is 6.35. The van der Waals surface area contributed by atoms with E-state index in [-0.39, 0.29) is 17.7 Å². The van der Waals surface area contributed by atoms with E-state index in [2.05, 4.69) is 47.2 Å².